The van der Waals surface area contributed by atoms with E-state index in [9.17, 15) is 5.11 Å². The summed E-state index contributed by atoms with van der Waals surface area (Å²) in [5.41, 5.74) is 3.80. The number of hydrogen-bond acceptors (Lipinski definition) is 4. The fraction of sp³-hybridized carbons (Fsp3) is 0.400. The minimum Gasteiger partial charge on any atom is -0.508 e. The molecule has 1 saturated heterocycles. The van der Waals surface area contributed by atoms with Gasteiger partial charge in [0, 0.05) is 45.0 Å². The zero-order valence-corrected chi connectivity index (χ0v) is 14.4. The molecule has 128 valence electrons. The largest absolute Gasteiger partial charge is 0.508 e. The van der Waals surface area contributed by atoms with Gasteiger partial charge in [0.1, 0.15) is 5.75 Å². The van der Waals surface area contributed by atoms with Gasteiger partial charge < -0.3 is 20.2 Å². The maximum atomic E-state index is 9.30. The Morgan fingerprint density at radius 3 is 1.92 bits per heavy atom. The van der Waals surface area contributed by atoms with Crippen LogP contribution < -0.4 is 10.2 Å². The van der Waals surface area contributed by atoms with E-state index in [0.717, 1.165) is 45.8 Å². The molecule has 2 aromatic carbocycles. The number of rotatable bonds is 6. The van der Waals surface area contributed by atoms with E-state index in [1.807, 2.05) is 12.1 Å². The van der Waals surface area contributed by atoms with Crippen LogP contribution in [0.4, 0.5) is 5.69 Å². The van der Waals surface area contributed by atoms with Crippen LogP contribution in [-0.4, -0.2) is 42.7 Å². The van der Waals surface area contributed by atoms with Crippen LogP contribution in [0.1, 0.15) is 18.1 Å². The first-order valence-electron chi connectivity index (χ1n) is 8.79. The molecule has 0 atom stereocenters. The van der Waals surface area contributed by atoms with Gasteiger partial charge in [0.2, 0.25) is 0 Å². The zero-order valence-electron chi connectivity index (χ0n) is 14.4. The Bertz CT molecular complexity index is 616. The third kappa shape index (κ3) is 4.49. The van der Waals surface area contributed by atoms with E-state index in [-0.39, 0.29) is 0 Å². The fourth-order valence-corrected chi connectivity index (χ4v) is 3.11. The molecule has 1 fully saturated rings. The standard InChI is InChI=1S/C20H27N3O/c1-2-22-11-13-23(14-12-22)19-7-3-17(4-8-19)15-21-16-18-5-9-20(24)10-6-18/h3-10,21,24H,2,11-16H2,1H3. The highest BCUT2D eigenvalue weighted by molar-refractivity contribution is 5.48. The lowest BCUT2D eigenvalue weighted by molar-refractivity contribution is 0.271. The predicted octanol–water partition coefficient (Wildman–Crippen LogP) is 2.82. The molecular weight excluding hydrogens is 298 g/mol. The highest BCUT2D eigenvalue weighted by Crippen LogP contribution is 2.17. The molecule has 4 heteroatoms. The van der Waals surface area contributed by atoms with Crippen molar-refractivity contribution in [2.75, 3.05) is 37.6 Å². The first-order valence-corrected chi connectivity index (χ1v) is 8.79. The third-order valence-corrected chi connectivity index (χ3v) is 4.72. The molecule has 2 aromatic rings. The van der Waals surface area contributed by atoms with Crippen LogP contribution in [-0.2, 0) is 13.1 Å². The number of nitrogens with zero attached hydrogens (tertiary/aromatic N) is 2. The summed E-state index contributed by atoms with van der Waals surface area (Å²) >= 11 is 0. The maximum absolute atomic E-state index is 9.30. The summed E-state index contributed by atoms with van der Waals surface area (Å²) in [6.45, 7) is 9.60. The van der Waals surface area contributed by atoms with Crippen molar-refractivity contribution in [2.45, 2.75) is 20.0 Å². The van der Waals surface area contributed by atoms with Gasteiger partial charge in [-0.2, -0.15) is 0 Å². The van der Waals surface area contributed by atoms with Gasteiger partial charge in [-0.3, -0.25) is 0 Å². The molecule has 1 aliphatic rings. The third-order valence-electron chi connectivity index (χ3n) is 4.72. The normalized spacial score (nSPS) is 15.6. The lowest BCUT2D eigenvalue weighted by atomic mass is 10.1. The van der Waals surface area contributed by atoms with Gasteiger partial charge >= 0.3 is 0 Å². The second-order valence-corrected chi connectivity index (χ2v) is 6.36. The molecule has 0 bridgehead atoms. The summed E-state index contributed by atoms with van der Waals surface area (Å²) in [5, 5.41) is 12.7. The highest BCUT2D eigenvalue weighted by Gasteiger charge is 2.15. The van der Waals surface area contributed by atoms with Gasteiger partial charge in [-0.25, -0.2) is 0 Å². The summed E-state index contributed by atoms with van der Waals surface area (Å²) < 4.78 is 0. The van der Waals surface area contributed by atoms with Gasteiger partial charge in [-0.05, 0) is 41.9 Å². The van der Waals surface area contributed by atoms with Gasteiger partial charge in [-0.15, -0.1) is 0 Å². The second kappa shape index (κ2) is 8.18. The molecular formula is C20H27N3O. The Hall–Kier alpha value is -2.04. The van der Waals surface area contributed by atoms with Crippen molar-refractivity contribution in [3.8, 4) is 5.75 Å². The van der Waals surface area contributed by atoms with E-state index in [1.165, 1.54) is 16.8 Å². The molecule has 0 unspecified atom stereocenters. The van der Waals surface area contributed by atoms with E-state index in [1.54, 1.807) is 12.1 Å². The van der Waals surface area contributed by atoms with Crippen molar-refractivity contribution >= 4 is 5.69 Å². The highest BCUT2D eigenvalue weighted by atomic mass is 16.3. The smallest absolute Gasteiger partial charge is 0.115 e. The van der Waals surface area contributed by atoms with Crippen LogP contribution >= 0.6 is 0 Å². The molecule has 4 nitrogen and oxygen atoms in total. The van der Waals surface area contributed by atoms with E-state index in [4.69, 9.17) is 0 Å². The summed E-state index contributed by atoms with van der Waals surface area (Å²) in [7, 11) is 0. The van der Waals surface area contributed by atoms with E-state index < -0.39 is 0 Å². The number of benzene rings is 2. The molecule has 0 amide bonds. The fourth-order valence-electron chi connectivity index (χ4n) is 3.11. The number of phenolic OH excluding ortho intramolecular Hbond substituents is 1. The Balaban J connectivity index is 1.47. The average molecular weight is 325 g/mol. The van der Waals surface area contributed by atoms with Gasteiger partial charge in [0.05, 0.1) is 0 Å². The summed E-state index contributed by atoms with van der Waals surface area (Å²) in [6.07, 6.45) is 0. The summed E-state index contributed by atoms with van der Waals surface area (Å²) in [6, 6.07) is 16.2. The number of hydrogen-bond donors (Lipinski definition) is 2. The van der Waals surface area contributed by atoms with E-state index in [0.29, 0.717) is 5.75 Å². The Kier molecular flexibility index (Phi) is 5.72. The molecule has 3 rings (SSSR count). The SMILES string of the molecule is CCN1CCN(c2ccc(CNCc3ccc(O)cc3)cc2)CC1. The van der Waals surface area contributed by atoms with Crippen LogP contribution in [0, 0.1) is 0 Å². The molecule has 0 aromatic heterocycles. The maximum Gasteiger partial charge on any atom is 0.115 e. The van der Waals surface area contributed by atoms with Gasteiger partial charge in [0.25, 0.3) is 0 Å². The molecule has 1 aliphatic heterocycles. The molecule has 0 aliphatic carbocycles. The predicted molar refractivity (Wildman–Crippen MR) is 99.4 cm³/mol. The number of aromatic hydroxyl groups is 1. The quantitative estimate of drug-likeness (QED) is 0.857. The topological polar surface area (TPSA) is 38.7 Å². The molecule has 24 heavy (non-hydrogen) atoms. The summed E-state index contributed by atoms with van der Waals surface area (Å²) in [4.78, 5) is 4.97. The zero-order chi connectivity index (χ0) is 16.8. The average Bonchev–Trinajstić information content (AvgIpc) is 2.64. The first-order chi connectivity index (χ1) is 11.7. The first kappa shape index (κ1) is 16.8. The van der Waals surface area contributed by atoms with Crippen molar-refractivity contribution in [2.24, 2.45) is 0 Å². The van der Waals surface area contributed by atoms with E-state index in [2.05, 4.69) is 46.3 Å². The lowest BCUT2D eigenvalue weighted by Crippen LogP contribution is -2.46. The van der Waals surface area contributed by atoms with E-state index >= 15 is 0 Å². The van der Waals surface area contributed by atoms with Crippen molar-refractivity contribution in [1.29, 1.82) is 0 Å². The minimum absolute atomic E-state index is 0.314. The molecule has 0 spiro atoms. The van der Waals surface area contributed by atoms with Crippen LogP contribution in [0.3, 0.4) is 0 Å². The molecule has 2 N–H and O–H groups in total. The summed E-state index contributed by atoms with van der Waals surface area (Å²) in [5.74, 6) is 0.314. The number of likely N-dealkylation sites (N-methyl/N-ethyl adjacent to an activating group) is 1. The van der Waals surface area contributed by atoms with Crippen molar-refractivity contribution in [3.05, 3.63) is 59.7 Å². The van der Waals surface area contributed by atoms with Crippen LogP contribution in [0.15, 0.2) is 48.5 Å². The van der Waals surface area contributed by atoms with Crippen LogP contribution in [0.5, 0.6) is 5.75 Å². The Morgan fingerprint density at radius 2 is 1.38 bits per heavy atom. The molecule has 0 saturated carbocycles. The second-order valence-electron chi connectivity index (χ2n) is 6.36. The number of nitrogens with one attached hydrogen (secondary N) is 1. The number of anilines is 1. The Morgan fingerprint density at radius 1 is 0.833 bits per heavy atom. The minimum atomic E-state index is 0.314. The van der Waals surface area contributed by atoms with Crippen molar-refractivity contribution in [3.63, 3.8) is 0 Å². The van der Waals surface area contributed by atoms with Gasteiger partial charge in [-0.1, -0.05) is 31.2 Å². The lowest BCUT2D eigenvalue weighted by Gasteiger charge is -2.35. The van der Waals surface area contributed by atoms with Gasteiger partial charge in [0.15, 0.2) is 0 Å². The number of phenols is 1. The van der Waals surface area contributed by atoms with Crippen molar-refractivity contribution in [1.82, 2.24) is 10.2 Å². The van der Waals surface area contributed by atoms with Crippen LogP contribution in [0.25, 0.3) is 0 Å². The Labute approximate surface area is 144 Å². The number of piperazine rings is 1. The monoisotopic (exact) mass is 325 g/mol. The molecule has 1 heterocycles. The molecule has 0 radical (unpaired) electrons. The van der Waals surface area contributed by atoms with Crippen LogP contribution in [0.2, 0.25) is 0 Å². The van der Waals surface area contributed by atoms with Crippen molar-refractivity contribution < 1.29 is 5.11 Å².